The molecule has 0 atom stereocenters. The van der Waals surface area contributed by atoms with Gasteiger partial charge in [0.25, 0.3) is 0 Å². The molecule has 0 aliphatic heterocycles. The van der Waals surface area contributed by atoms with E-state index in [-0.39, 0.29) is 48.0 Å². The highest BCUT2D eigenvalue weighted by Crippen LogP contribution is 2.62. The summed E-state index contributed by atoms with van der Waals surface area (Å²) in [7, 11) is -4.35. The van der Waals surface area contributed by atoms with Gasteiger partial charge in [0, 0.05) is 11.1 Å². The molecule has 9 aromatic rings. The van der Waals surface area contributed by atoms with Crippen LogP contribution in [-0.4, -0.2) is 0 Å². The van der Waals surface area contributed by atoms with Crippen LogP contribution in [-0.2, 0) is 12.3 Å². The second-order valence-electron chi connectivity index (χ2n) is 14.0. The van der Waals surface area contributed by atoms with Crippen molar-refractivity contribution in [3.63, 3.8) is 0 Å². The molecule has 9 rings (SSSR count). The number of hydrogen-bond acceptors (Lipinski definition) is 0. The van der Waals surface area contributed by atoms with Crippen molar-refractivity contribution in [1.82, 2.24) is 0 Å². The van der Waals surface area contributed by atoms with Crippen LogP contribution in [0.15, 0.2) is 231 Å². The number of rotatable bonds is 10. The predicted octanol–water partition coefficient (Wildman–Crippen LogP) is 4.99. The summed E-state index contributed by atoms with van der Waals surface area (Å²) in [5.74, 6) is 0. The minimum atomic E-state index is -2.18. The Morgan fingerprint density at radius 3 is 0.554 bits per heavy atom. The predicted molar refractivity (Wildman–Crippen MR) is 239 cm³/mol. The zero-order valence-corrected chi connectivity index (χ0v) is 37.1. The van der Waals surface area contributed by atoms with Gasteiger partial charge in [-0.15, -0.1) is 0 Å². The van der Waals surface area contributed by atoms with E-state index >= 15 is 0 Å². The first-order valence-electron chi connectivity index (χ1n) is 18.8. The van der Waals surface area contributed by atoms with Gasteiger partial charge in [-0.1, -0.05) is 158 Å². The third-order valence-corrected chi connectivity index (χ3v) is 19.8. The van der Waals surface area contributed by atoms with E-state index in [1.807, 2.05) is 0 Å². The largest absolute Gasteiger partial charge is 1.00 e. The Bertz CT molecular complexity index is 2200. The molecule has 0 N–H and O–H groups in total. The molecular weight excluding hydrogens is 940 g/mol. The molecule has 0 saturated heterocycles. The molecule has 0 nitrogen and oxygen atoms in total. The molecule has 0 aliphatic rings. The van der Waals surface area contributed by atoms with Crippen molar-refractivity contribution in [1.29, 1.82) is 0 Å². The Hall–Kier alpha value is -4.18. The van der Waals surface area contributed by atoms with Gasteiger partial charge >= 0.3 is 0 Å². The first kappa shape index (κ1) is 40.0. The third kappa shape index (κ3) is 7.27. The molecule has 56 heavy (non-hydrogen) atoms. The lowest BCUT2D eigenvalue weighted by molar-refractivity contribution is -0.001000. The van der Waals surface area contributed by atoms with E-state index in [1.165, 1.54) is 64.5 Å². The van der Waals surface area contributed by atoms with Crippen LogP contribution in [0.1, 0.15) is 11.1 Å². The zero-order chi connectivity index (χ0) is 36.2. The molecule has 0 bridgehead atoms. The maximum absolute atomic E-state index is 2.39. The molecule has 0 amide bonds. The van der Waals surface area contributed by atoms with E-state index in [0.717, 1.165) is 12.3 Å². The summed E-state index contributed by atoms with van der Waals surface area (Å²) in [6, 6.07) is 86.4. The van der Waals surface area contributed by atoms with Gasteiger partial charge in [0.2, 0.25) is 0 Å². The average Bonchev–Trinajstić information content (AvgIpc) is 3.27. The molecule has 0 radical (unpaired) electrons. The monoisotopic (exact) mass is 982 g/mol. The lowest BCUT2D eigenvalue weighted by Gasteiger charge is -2.31. The van der Waals surface area contributed by atoms with E-state index in [2.05, 4.69) is 231 Å². The summed E-state index contributed by atoms with van der Waals surface area (Å²) < 4.78 is 0. The maximum atomic E-state index is 2.39. The summed E-state index contributed by atoms with van der Waals surface area (Å²) in [6.45, 7) is 0. The molecule has 0 aliphatic carbocycles. The maximum Gasteiger partial charge on any atom is 0.116 e. The molecule has 9 aromatic carbocycles. The first-order chi connectivity index (χ1) is 26.8. The fraction of sp³-hybridized carbons (Fsp3) is 0.0385. The second-order valence-corrected chi connectivity index (χ2v) is 21.0. The zero-order valence-electron chi connectivity index (χ0n) is 31.0. The van der Waals surface area contributed by atoms with Crippen molar-refractivity contribution < 1.29 is 48.0 Å². The fourth-order valence-electron chi connectivity index (χ4n) is 8.66. The Balaban J connectivity index is 0.00000240. The Labute approximate surface area is 366 Å². The highest BCUT2D eigenvalue weighted by molar-refractivity contribution is 7.95. The lowest BCUT2D eigenvalue weighted by atomic mass is 9.93. The van der Waals surface area contributed by atoms with Crippen LogP contribution in [0.4, 0.5) is 0 Å². The van der Waals surface area contributed by atoms with Crippen LogP contribution in [0, 0.1) is 0 Å². The standard InChI is InChI=1S/C52H42P2.2HI/c1-7-23-41(24-8-1)53(42-25-9-2-10-26-42,43-27-11-3-12-28-43)39-51-47-35-19-21-37-49(47)52(50-38-22-20-36-48(50)51)40-54(44-29-13-4-14-30-44,45-31-15-5-16-32-45)46-33-17-6-18-34-46;;/h1-38H,39-40H2;2*1H/q+2;;/p-2. The molecule has 0 unspecified atom stereocenters. The summed E-state index contributed by atoms with van der Waals surface area (Å²) >= 11 is 0. The molecule has 0 spiro atoms. The molecule has 274 valence electrons. The number of halogens is 2. The van der Waals surface area contributed by atoms with Crippen molar-refractivity contribution >= 4 is 67.9 Å². The number of hydrogen-bond donors (Lipinski definition) is 0. The molecule has 0 heterocycles. The summed E-state index contributed by atoms with van der Waals surface area (Å²) in [5, 5.41) is 13.8. The average molecular weight is 983 g/mol. The number of benzene rings is 9. The van der Waals surface area contributed by atoms with E-state index in [1.54, 1.807) is 0 Å². The van der Waals surface area contributed by atoms with Crippen LogP contribution in [0.3, 0.4) is 0 Å². The van der Waals surface area contributed by atoms with Gasteiger partial charge in [-0.25, -0.2) is 0 Å². The lowest BCUT2D eigenvalue weighted by Crippen LogP contribution is -3.00. The van der Waals surface area contributed by atoms with Gasteiger partial charge in [-0.3, -0.25) is 0 Å². The molecular formula is C52H42I2P2. The van der Waals surface area contributed by atoms with Gasteiger partial charge in [-0.2, -0.15) is 0 Å². The van der Waals surface area contributed by atoms with Crippen molar-refractivity contribution in [2.45, 2.75) is 12.3 Å². The topological polar surface area (TPSA) is 0 Å². The van der Waals surface area contributed by atoms with Gasteiger partial charge in [0.05, 0.1) is 12.3 Å². The summed E-state index contributed by atoms with van der Waals surface area (Å²) in [4.78, 5) is 0. The van der Waals surface area contributed by atoms with Gasteiger partial charge in [0.15, 0.2) is 0 Å². The van der Waals surface area contributed by atoms with Crippen LogP contribution in [0.2, 0.25) is 0 Å². The van der Waals surface area contributed by atoms with E-state index in [4.69, 9.17) is 0 Å². The molecule has 0 aromatic heterocycles. The van der Waals surface area contributed by atoms with E-state index < -0.39 is 14.5 Å². The van der Waals surface area contributed by atoms with Crippen LogP contribution in [0.25, 0.3) is 21.5 Å². The third-order valence-electron chi connectivity index (χ3n) is 11.1. The van der Waals surface area contributed by atoms with Crippen LogP contribution >= 0.6 is 14.5 Å². The minimum Gasteiger partial charge on any atom is -1.00 e. The molecule has 0 saturated carbocycles. The Kier molecular flexibility index (Phi) is 12.8. The summed E-state index contributed by atoms with van der Waals surface area (Å²) in [6.07, 6.45) is 1.84. The smallest absolute Gasteiger partial charge is 0.116 e. The molecule has 0 fully saturated rings. The number of fused-ring (bicyclic) bond motifs is 2. The Morgan fingerprint density at radius 1 is 0.214 bits per heavy atom. The highest BCUT2D eigenvalue weighted by Gasteiger charge is 2.48. The van der Waals surface area contributed by atoms with Crippen molar-refractivity contribution in [2.24, 2.45) is 0 Å². The quantitative estimate of drug-likeness (QED) is 0.103. The van der Waals surface area contributed by atoms with Gasteiger partial charge in [0.1, 0.15) is 46.4 Å². The van der Waals surface area contributed by atoms with Crippen molar-refractivity contribution in [3.05, 3.63) is 242 Å². The minimum absolute atomic E-state index is 0. The highest BCUT2D eigenvalue weighted by atomic mass is 127. The first-order valence-corrected chi connectivity index (χ1v) is 22.7. The van der Waals surface area contributed by atoms with E-state index in [0.29, 0.717) is 0 Å². The second kappa shape index (κ2) is 18.0. The summed E-state index contributed by atoms with van der Waals surface area (Å²) in [5.41, 5.74) is 2.86. The molecule has 4 heteroatoms. The fourth-order valence-corrected chi connectivity index (χ4v) is 17.3. The van der Waals surface area contributed by atoms with Gasteiger partial charge in [-0.05, 0) is 94.3 Å². The van der Waals surface area contributed by atoms with Crippen molar-refractivity contribution in [3.8, 4) is 0 Å². The normalized spacial score (nSPS) is 11.4. The van der Waals surface area contributed by atoms with Gasteiger partial charge < -0.3 is 48.0 Å². The Morgan fingerprint density at radius 2 is 0.375 bits per heavy atom. The SMILES string of the molecule is [I-].[I-].c1ccc([P+](Cc2c3ccccc3c(C[P+](c3ccccc3)(c3ccccc3)c3ccccc3)c3ccccc23)(c2ccccc2)c2ccccc2)cc1. The van der Waals surface area contributed by atoms with Crippen LogP contribution < -0.4 is 79.8 Å². The van der Waals surface area contributed by atoms with Crippen LogP contribution in [0.5, 0.6) is 0 Å². The van der Waals surface area contributed by atoms with E-state index in [9.17, 15) is 0 Å². The van der Waals surface area contributed by atoms with Crippen molar-refractivity contribution in [2.75, 3.05) is 0 Å².